The van der Waals surface area contributed by atoms with E-state index in [0.29, 0.717) is 0 Å². The zero-order valence-electron chi connectivity index (χ0n) is 8.20. The van der Waals surface area contributed by atoms with E-state index < -0.39 is 36.4 Å². The Balaban J connectivity index is 2.70. The molecule has 0 aromatic rings. The Hall–Kier alpha value is -0.340. The minimum atomic E-state index is -1.24. The van der Waals surface area contributed by atoms with Gasteiger partial charge in [0.1, 0.15) is 23.7 Å². The number of aliphatic hydroxyl groups is 3. The summed E-state index contributed by atoms with van der Waals surface area (Å²) < 4.78 is 5.12. The number of carbonyl (C=O) groups excluding carboxylic acids is 1. The molecule has 1 amide bonds. The molecule has 0 saturated carbocycles. The number of carbonyl (C=O) groups is 1. The van der Waals surface area contributed by atoms with Crippen molar-refractivity contribution in [2.75, 3.05) is 6.61 Å². The SMILES string of the molecule is CC(=O)NC1[C@H](S)OC(CO)[C@@H](O)[C@@H]1O. The summed E-state index contributed by atoms with van der Waals surface area (Å²) in [7, 11) is 0. The van der Waals surface area contributed by atoms with Crippen LogP contribution in [0.25, 0.3) is 0 Å². The monoisotopic (exact) mass is 237 g/mol. The number of ether oxygens (including phenoxy) is 1. The second kappa shape index (κ2) is 5.13. The molecule has 5 atom stereocenters. The summed E-state index contributed by atoms with van der Waals surface area (Å²) in [6.07, 6.45) is -3.33. The fourth-order valence-electron chi connectivity index (χ4n) is 1.49. The van der Waals surface area contributed by atoms with Gasteiger partial charge in [0.2, 0.25) is 5.91 Å². The van der Waals surface area contributed by atoms with Crippen molar-refractivity contribution in [3.63, 3.8) is 0 Å². The molecule has 7 heteroatoms. The Bertz CT molecular complexity index is 239. The topological polar surface area (TPSA) is 99.0 Å². The fraction of sp³-hybridized carbons (Fsp3) is 0.875. The van der Waals surface area contributed by atoms with Crippen molar-refractivity contribution < 1.29 is 24.9 Å². The van der Waals surface area contributed by atoms with Gasteiger partial charge >= 0.3 is 0 Å². The second-order valence-electron chi connectivity index (χ2n) is 3.46. The molecule has 0 spiro atoms. The summed E-state index contributed by atoms with van der Waals surface area (Å²) in [5.41, 5.74) is -0.760. The van der Waals surface area contributed by atoms with Crippen LogP contribution in [0.2, 0.25) is 0 Å². The van der Waals surface area contributed by atoms with Crippen molar-refractivity contribution in [2.45, 2.75) is 36.7 Å². The third-order valence-electron chi connectivity index (χ3n) is 2.27. The van der Waals surface area contributed by atoms with Gasteiger partial charge in [0, 0.05) is 6.92 Å². The largest absolute Gasteiger partial charge is 0.394 e. The van der Waals surface area contributed by atoms with Gasteiger partial charge in [0.05, 0.1) is 12.6 Å². The van der Waals surface area contributed by atoms with E-state index in [2.05, 4.69) is 17.9 Å². The molecule has 0 aromatic heterocycles. The van der Waals surface area contributed by atoms with Crippen LogP contribution in [0.4, 0.5) is 0 Å². The lowest BCUT2D eigenvalue weighted by molar-refractivity contribution is -0.173. The van der Waals surface area contributed by atoms with Crippen molar-refractivity contribution in [3.8, 4) is 0 Å². The highest BCUT2D eigenvalue weighted by Crippen LogP contribution is 2.22. The average molecular weight is 237 g/mol. The molecule has 1 fully saturated rings. The first kappa shape index (κ1) is 12.7. The van der Waals surface area contributed by atoms with E-state index in [9.17, 15) is 15.0 Å². The number of amides is 1. The lowest BCUT2D eigenvalue weighted by atomic mass is 9.98. The van der Waals surface area contributed by atoms with E-state index in [-0.39, 0.29) is 5.91 Å². The molecular weight excluding hydrogens is 222 g/mol. The molecule has 88 valence electrons. The first-order chi connectivity index (χ1) is 6.97. The molecule has 1 aliphatic heterocycles. The first-order valence-corrected chi connectivity index (χ1v) is 5.06. The van der Waals surface area contributed by atoms with Gasteiger partial charge in [-0.2, -0.15) is 0 Å². The Labute approximate surface area is 92.7 Å². The van der Waals surface area contributed by atoms with Crippen LogP contribution >= 0.6 is 12.6 Å². The van der Waals surface area contributed by atoms with Crippen molar-refractivity contribution >= 4 is 18.5 Å². The molecular formula is C8H15NO5S. The maximum atomic E-state index is 10.8. The van der Waals surface area contributed by atoms with Crippen LogP contribution in [0.5, 0.6) is 0 Å². The highest BCUT2D eigenvalue weighted by atomic mass is 32.1. The Morgan fingerprint density at radius 3 is 2.53 bits per heavy atom. The van der Waals surface area contributed by atoms with Crippen LogP contribution in [0.1, 0.15) is 6.92 Å². The normalized spacial score (nSPS) is 41.3. The van der Waals surface area contributed by atoms with Crippen LogP contribution in [0.15, 0.2) is 0 Å². The van der Waals surface area contributed by atoms with Gasteiger partial charge in [-0.15, -0.1) is 12.6 Å². The molecule has 0 radical (unpaired) electrons. The Morgan fingerprint density at radius 2 is 2.07 bits per heavy atom. The van der Waals surface area contributed by atoms with Crippen LogP contribution in [-0.2, 0) is 9.53 Å². The minimum absolute atomic E-state index is 0.351. The van der Waals surface area contributed by atoms with Crippen molar-refractivity contribution in [1.29, 1.82) is 0 Å². The van der Waals surface area contributed by atoms with Crippen molar-refractivity contribution in [3.05, 3.63) is 0 Å². The van der Waals surface area contributed by atoms with Gasteiger partial charge in [-0.1, -0.05) is 0 Å². The fourth-order valence-corrected chi connectivity index (χ4v) is 1.89. The lowest BCUT2D eigenvalue weighted by Crippen LogP contribution is -2.62. The summed E-state index contributed by atoms with van der Waals surface area (Å²) in [5.74, 6) is -0.351. The van der Waals surface area contributed by atoms with Crippen LogP contribution in [-0.4, -0.2) is 57.6 Å². The highest BCUT2D eigenvalue weighted by Gasteiger charge is 2.43. The molecule has 6 nitrogen and oxygen atoms in total. The van der Waals surface area contributed by atoms with E-state index in [4.69, 9.17) is 9.84 Å². The van der Waals surface area contributed by atoms with Crippen molar-refractivity contribution in [2.24, 2.45) is 0 Å². The van der Waals surface area contributed by atoms with Crippen LogP contribution in [0.3, 0.4) is 0 Å². The van der Waals surface area contributed by atoms with E-state index in [1.165, 1.54) is 6.92 Å². The third kappa shape index (κ3) is 2.82. The number of thiol groups is 1. The summed E-state index contributed by atoms with van der Waals surface area (Å²) in [4.78, 5) is 10.8. The summed E-state index contributed by atoms with van der Waals surface area (Å²) in [6.45, 7) is 0.875. The zero-order chi connectivity index (χ0) is 11.6. The zero-order valence-corrected chi connectivity index (χ0v) is 9.09. The molecule has 4 N–H and O–H groups in total. The average Bonchev–Trinajstić information content (AvgIpc) is 2.18. The highest BCUT2D eigenvalue weighted by molar-refractivity contribution is 7.80. The molecule has 0 aromatic carbocycles. The molecule has 2 unspecified atom stereocenters. The van der Waals surface area contributed by atoms with Gasteiger partial charge in [0.15, 0.2) is 0 Å². The van der Waals surface area contributed by atoms with Gasteiger partial charge in [-0.3, -0.25) is 4.79 Å². The lowest BCUT2D eigenvalue weighted by Gasteiger charge is -2.40. The van der Waals surface area contributed by atoms with Gasteiger partial charge in [-0.05, 0) is 0 Å². The number of nitrogens with one attached hydrogen (secondary N) is 1. The summed E-state index contributed by atoms with van der Waals surface area (Å²) >= 11 is 4.02. The van der Waals surface area contributed by atoms with E-state index in [0.717, 1.165) is 0 Å². The maximum Gasteiger partial charge on any atom is 0.217 e. The molecule has 1 aliphatic rings. The van der Waals surface area contributed by atoms with Gasteiger partial charge < -0.3 is 25.4 Å². The van der Waals surface area contributed by atoms with Crippen LogP contribution in [0, 0.1) is 0 Å². The molecule has 1 rings (SSSR count). The Kier molecular flexibility index (Phi) is 4.35. The second-order valence-corrected chi connectivity index (χ2v) is 3.96. The van der Waals surface area contributed by atoms with Crippen molar-refractivity contribution in [1.82, 2.24) is 5.32 Å². The van der Waals surface area contributed by atoms with Gasteiger partial charge in [0.25, 0.3) is 0 Å². The molecule has 15 heavy (non-hydrogen) atoms. The third-order valence-corrected chi connectivity index (χ3v) is 2.71. The first-order valence-electron chi connectivity index (χ1n) is 4.55. The number of hydrogen-bond donors (Lipinski definition) is 5. The summed E-state index contributed by atoms with van der Waals surface area (Å²) in [6, 6.07) is -0.788. The van der Waals surface area contributed by atoms with E-state index in [1.807, 2.05) is 0 Å². The smallest absolute Gasteiger partial charge is 0.217 e. The maximum absolute atomic E-state index is 10.8. The van der Waals surface area contributed by atoms with E-state index in [1.54, 1.807) is 0 Å². The standard InChI is InChI=1S/C8H15NO5S/c1-3(11)9-5-7(13)6(12)4(2-10)14-8(5)15/h4-8,10,12-13,15H,2H2,1H3,(H,9,11)/t4?,5?,6-,7-,8+/m1/s1. The number of rotatable bonds is 2. The summed E-state index contributed by atoms with van der Waals surface area (Å²) in [5, 5.41) is 30.4. The molecule has 0 bridgehead atoms. The molecule has 1 saturated heterocycles. The number of hydrogen-bond acceptors (Lipinski definition) is 6. The van der Waals surface area contributed by atoms with E-state index >= 15 is 0 Å². The molecule has 1 heterocycles. The quantitative estimate of drug-likeness (QED) is 0.353. The van der Waals surface area contributed by atoms with Gasteiger partial charge in [-0.25, -0.2) is 0 Å². The number of aliphatic hydroxyl groups excluding tert-OH is 3. The Morgan fingerprint density at radius 1 is 1.47 bits per heavy atom. The van der Waals surface area contributed by atoms with Crippen LogP contribution < -0.4 is 5.32 Å². The predicted octanol–water partition coefficient (Wildman–Crippen LogP) is -2.14. The minimum Gasteiger partial charge on any atom is -0.394 e. The predicted molar refractivity (Wildman–Crippen MR) is 54.4 cm³/mol. The molecule has 0 aliphatic carbocycles.